The molecule has 13 heavy (non-hydrogen) atoms. The first-order valence-corrected chi connectivity index (χ1v) is 5.42. The van der Waals surface area contributed by atoms with Crippen LogP contribution in [0.4, 0.5) is 0 Å². The summed E-state index contributed by atoms with van der Waals surface area (Å²) in [4.78, 5) is 0. The lowest BCUT2D eigenvalue weighted by Gasteiger charge is -2.10. The average Bonchev–Trinajstić information content (AvgIpc) is 2.80. The molecule has 1 fully saturated rings. The standard InChI is InChI=1S/C11H14BrN/c1-11(6-9(11)7-13)8-2-4-10(12)5-3-8/h2-5,9H,6-7,13H2,1H3. The van der Waals surface area contributed by atoms with E-state index in [4.69, 9.17) is 5.73 Å². The molecule has 0 aromatic heterocycles. The van der Waals surface area contributed by atoms with Crippen molar-refractivity contribution in [3.63, 3.8) is 0 Å². The van der Waals surface area contributed by atoms with E-state index < -0.39 is 0 Å². The second-order valence-electron chi connectivity index (χ2n) is 4.06. The van der Waals surface area contributed by atoms with Crippen LogP contribution in [0.1, 0.15) is 18.9 Å². The van der Waals surface area contributed by atoms with Crippen LogP contribution in [0.25, 0.3) is 0 Å². The molecule has 0 saturated heterocycles. The van der Waals surface area contributed by atoms with Gasteiger partial charge in [-0.25, -0.2) is 0 Å². The maximum absolute atomic E-state index is 5.67. The fourth-order valence-electron chi connectivity index (χ4n) is 1.98. The first-order chi connectivity index (χ1) is 6.16. The third-order valence-electron chi connectivity index (χ3n) is 3.20. The Hall–Kier alpha value is -0.340. The van der Waals surface area contributed by atoms with Crippen LogP contribution in [0.2, 0.25) is 0 Å². The van der Waals surface area contributed by atoms with Gasteiger partial charge in [0.1, 0.15) is 0 Å². The molecular formula is C11H14BrN. The van der Waals surface area contributed by atoms with E-state index in [1.165, 1.54) is 12.0 Å². The van der Waals surface area contributed by atoms with Gasteiger partial charge in [0.05, 0.1) is 0 Å². The smallest absolute Gasteiger partial charge is 0.0175 e. The number of halogens is 1. The predicted molar refractivity (Wildman–Crippen MR) is 58.7 cm³/mol. The molecule has 0 aliphatic heterocycles. The summed E-state index contributed by atoms with van der Waals surface area (Å²) in [6.07, 6.45) is 1.24. The highest BCUT2D eigenvalue weighted by Crippen LogP contribution is 2.53. The monoisotopic (exact) mass is 239 g/mol. The van der Waals surface area contributed by atoms with E-state index in [-0.39, 0.29) is 0 Å². The Bertz CT molecular complexity index is 306. The molecular weight excluding hydrogens is 226 g/mol. The second-order valence-corrected chi connectivity index (χ2v) is 4.98. The van der Waals surface area contributed by atoms with E-state index >= 15 is 0 Å². The number of nitrogens with two attached hydrogens (primary N) is 1. The zero-order chi connectivity index (χ0) is 9.47. The Morgan fingerprint density at radius 3 is 2.54 bits per heavy atom. The molecule has 0 amide bonds. The topological polar surface area (TPSA) is 26.0 Å². The number of hydrogen-bond acceptors (Lipinski definition) is 1. The SMILES string of the molecule is CC1(c2ccc(Br)cc2)CC1CN. The lowest BCUT2D eigenvalue weighted by Crippen LogP contribution is -2.11. The zero-order valence-electron chi connectivity index (χ0n) is 7.76. The molecule has 1 aliphatic rings. The van der Waals surface area contributed by atoms with E-state index in [1.54, 1.807) is 0 Å². The van der Waals surface area contributed by atoms with Crippen molar-refractivity contribution >= 4 is 15.9 Å². The van der Waals surface area contributed by atoms with Crippen molar-refractivity contribution in [2.45, 2.75) is 18.8 Å². The normalized spacial score (nSPS) is 31.8. The van der Waals surface area contributed by atoms with Crippen molar-refractivity contribution < 1.29 is 0 Å². The van der Waals surface area contributed by atoms with Gasteiger partial charge >= 0.3 is 0 Å². The average molecular weight is 240 g/mol. The minimum Gasteiger partial charge on any atom is -0.330 e. The molecule has 2 unspecified atom stereocenters. The fraction of sp³-hybridized carbons (Fsp3) is 0.455. The fourth-order valence-corrected chi connectivity index (χ4v) is 2.24. The van der Waals surface area contributed by atoms with E-state index in [2.05, 4.69) is 47.1 Å². The van der Waals surface area contributed by atoms with Gasteiger partial charge in [-0.15, -0.1) is 0 Å². The third kappa shape index (κ3) is 1.53. The molecule has 2 heteroatoms. The molecule has 1 aromatic rings. The highest BCUT2D eigenvalue weighted by Gasteiger charge is 2.49. The van der Waals surface area contributed by atoms with Crippen molar-refractivity contribution in [3.8, 4) is 0 Å². The van der Waals surface area contributed by atoms with Crippen LogP contribution in [0.5, 0.6) is 0 Å². The van der Waals surface area contributed by atoms with Gasteiger partial charge in [0.25, 0.3) is 0 Å². The van der Waals surface area contributed by atoms with Crippen molar-refractivity contribution in [3.05, 3.63) is 34.3 Å². The number of rotatable bonds is 2. The molecule has 2 rings (SSSR count). The van der Waals surface area contributed by atoms with Crippen molar-refractivity contribution in [1.29, 1.82) is 0 Å². The van der Waals surface area contributed by atoms with Crippen LogP contribution >= 0.6 is 15.9 Å². The third-order valence-corrected chi connectivity index (χ3v) is 3.73. The van der Waals surface area contributed by atoms with Crippen molar-refractivity contribution in [1.82, 2.24) is 0 Å². The minimum atomic E-state index is 0.357. The van der Waals surface area contributed by atoms with Crippen molar-refractivity contribution in [2.75, 3.05) is 6.54 Å². The highest BCUT2D eigenvalue weighted by atomic mass is 79.9. The van der Waals surface area contributed by atoms with Crippen LogP contribution in [-0.4, -0.2) is 6.54 Å². The Balaban J connectivity index is 2.23. The maximum Gasteiger partial charge on any atom is 0.0175 e. The highest BCUT2D eigenvalue weighted by molar-refractivity contribution is 9.10. The van der Waals surface area contributed by atoms with Gasteiger partial charge in [-0.1, -0.05) is 35.0 Å². The Morgan fingerprint density at radius 2 is 2.08 bits per heavy atom. The summed E-state index contributed by atoms with van der Waals surface area (Å²) in [7, 11) is 0. The summed E-state index contributed by atoms with van der Waals surface area (Å²) < 4.78 is 1.14. The van der Waals surface area contributed by atoms with Gasteiger partial charge in [-0.05, 0) is 42.0 Å². The summed E-state index contributed by atoms with van der Waals surface area (Å²) in [5.74, 6) is 0.689. The molecule has 70 valence electrons. The van der Waals surface area contributed by atoms with Crippen LogP contribution in [0.15, 0.2) is 28.7 Å². The molecule has 0 heterocycles. The van der Waals surface area contributed by atoms with Gasteiger partial charge in [0.15, 0.2) is 0 Å². The van der Waals surface area contributed by atoms with Crippen LogP contribution in [-0.2, 0) is 5.41 Å². The van der Waals surface area contributed by atoms with Gasteiger partial charge in [-0.2, -0.15) is 0 Å². The predicted octanol–water partition coefficient (Wildman–Crippen LogP) is 2.69. The maximum atomic E-state index is 5.67. The molecule has 0 spiro atoms. The minimum absolute atomic E-state index is 0.357. The van der Waals surface area contributed by atoms with Gasteiger partial charge < -0.3 is 5.73 Å². The molecule has 2 atom stereocenters. The lowest BCUT2D eigenvalue weighted by molar-refractivity contribution is 0.666. The van der Waals surface area contributed by atoms with E-state index in [0.717, 1.165) is 11.0 Å². The Morgan fingerprint density at radius 1 is 1.46 bits per heavy atom. The van der Waals surface area contributed by atoms with E-state index in [9.17, 15) is 0 Å². The molecule has 1 nitrogen and oxygen atoms in total. The molecule has 0 bridgehead atoms. The molecule has 1 aromatic carbocycles. The van der Waals surface area contributed by atoms with E-state index in [1.807, 2.05) is 0 Å². The van der Waals surface area contributed by atoms with Crippen LogP contribution in [0, 0.1) is 5.92 Å². The van der Waals surface area contributed by atoms with Crippen LogP contribution < -0.4 is 5.73 Å². The second kappa shape index (κ2) is 3.10. The zero-order valence-corrected chi connectivity index (χ0v) is 9.34. The molecule has 2 N–H and O–H groups in total. The lowest BCUT2D eigenvalue weighted by atomic mass is 9.96. The quantitative estimate of drug-likeness (QED) is 0.844. The summed E-state index contributed by atoms with van der Waals surface area (Å²) in [6.45, 7) is 3.11. The largest absolute Gasteiger partial charge is 0.330 e. The van der Waals surface area contributed by atoms with Crippen LogP contribution in [0.3, 0.4) is 0 Å². The Kier molecular flexibility index (Phi) is 2.20. The molecule has 0 radical (unpaired) electrons. The van der Waals surface area contributed by atoms with Gasteiger partial charge in [0, 0.05) is 4.47 Å². The molecule has 1 saturated carbocycles. The van der Waals surface area contributed by atoms with Crippen molar-refractivity contribution in [2.24, 2.45) is 11.7 Å². The van der Waals surface area contributed by atoms with Gasteiger partial charge in [-0.3, -0.25) is 0 Å². The van der Waals surface area contributed by atoms with E-state index in [0.29, 0.717) is 11.3 Å². The molecule has 1 aliphatic carbocycles. The summed E-state index contributed by atoms with van der Waals surface area (Å²) in [5, 5.41) is 0. The first-order valence-electron chi connectivity index (χ1n) is 4.63. The number of benzene rings is 1. The summed E-state index contributed by atoms with van der Waals surface area (Å²) in [6, 6.07) is 8.60. The van der Waals surface area contributed by atoms with Gasteiger partial charge in [0.2, 0.25) is 0 Å². The Labute approximate surface area is 87.5 Å². The number of hydrogen-bond donors (Lipinski definition) is 1. The first kappa shape index (κ1) is 9.22. The summed E-state index contributed by atoms with van der Waals surface area (Å²) in [5.41, 5.74) is 7.45. The summed E-state index contributed by atoms with van der Waals surface area (Å²) >= 11 is 3.44.